The molecule has 1 rings (SSSR count). The smallest absolute Gasteiger partial charge is 0.149 e. The Morgan fingerprint density at radius 1 is 1.38 bits per heavy atom. The lowest BCUT2D eigenvalue weighted by molar-refractivity contribution is 0.581. The second kappa shape index (κ2) is 4.24. The van der Waals surface area contributed by atoms with Gasteiger partial charge in [-0.05, 0) is 22.0 Å². The van der Waals surface area contributed by atoms with Gasteiger partial charge in [-0.25, -0.2) is 8.78 Å². The molecule has 1 aromatic carbocycles. The zero-order valence-electron chi connectivity index (χ0n) is 6.57. The quantitative estimate of drug-likeness (QED) is 0.625. The van der Waals surface area contributed by atoms with Gasteiger partial charge in [-0.3, -0.25) is 0 Å². The third-order valence-electron chi connectivity index (χ3n) is 1.39. The minimum absolute atomic E-state index is 0.186. The molecule has 1 nitrogen and oxygen atoms in total. The van der Waals surface area contributed by atoms with Gasteiger partial charge in [-0.1, -0.05) is 5.92 Å². The van der Waals surface area contributed by atoms with Crippen molar-refractivity contribution in [1.29, 1.82) is 0 Å². The molecule has 0 aliphatic carbocycles. The Kier molecular flexibility index (Phi) is 3.26. The van der Waals surface area contributed by atoms with Crippen LogP contribution in [0.1, 0.15) is 0 Å². The summed E-state index contributed by atoms with van der Waals surface area (Å²) in [4.78, 5) is 0. The Labute approximate surface area is 83.3 Å². The number of rotatable bonds is 2. The number of hydrogen-bond acceptors (Lipinski definition) is 1. The first kappa shape index (κ1) is 10.0. The van der Waals surface area contributed by atoms with Gasteiger partial charge in [0.2, 0.25) is 0 Å². The molecule has 4 heteroatoms. The van der Waals surface area contributed by atoms with Gasteiger partial charge in [-0.15, -0.1) is 6.42 Å². The minimum Gasteiger partial charge on any atom is -0.372 e. The molecule has 0 spiro atoms. The molecule has 0 saturated heterocycles. The first-order valence-corrected chi connectivity index (χ1v) is 4.26. The van der Waals surface area contributed by atoms with Crippen molar-refractivity contribution in [3.05, 3.63) is 28.2 Å². The summed E-state index contributed by atoms with van der Waals surface area (Å²) >= 11 is 2.94. The molecule has 0 fully saturated rings. The molecule has 1 N–H and O–H groups in total. The predicted molar refractivity (Wildman–Crippen MR) is 51.4 cm³/mol. The number of anilines is 1. The van der Waals surface area contributed by atoms with E-state index in [1.165, 1.54) is 6.07 Å². The summed E-state index contributed by atoms with van der Waals surface area (Å²) in [5, 5.41) is 2.62. The van der Waals surface area contributed by atoms with Crippen LogP contribution in [0.3, 0.4) is 0 Å². The average Bonchev–Trinajstić information content (AvgIpc) is 2.09. The molecule has 13 heavy (non-hydrogen) atoms. The third-order valence-corrected chi connectivity index (χ3v) is 2.00. The topological polar surface area (TPSA) is 12.0 Å². The van der Waals surface area contributed by atoms with E-state index in [-0.39, 0.29) is 16.7 Å². The van der Waals surface area contributed by atoms with Gasteiger partial charge in [0.05, 0.1) is 16.7 Å². The fourth-order valence-electron chi connectivity index (χ4n) is 0.804. The summed E-state index contributed by atoms with van der Waals surface area (Å²) in [6.07, 6.45) is 4.97. The molecule has 1 aromatic rings. The molecule has 0 aliphatic rings. The molecule has 0 bridgehead atoms. The van der Waals surface area contributed by atoms with E-state index in [9.17, 15) is 8.78 Å². The van der Waals surface area contributed by atoms with Gasteiger partial charge in [-0.2, -0.15) is 0 Å². The first-order chi connectivity index (χ1) is 6.15. The van der Waals surface area contributed by atoms with E-state index < -0.39 is 11.6 Å². The number of hydrogen-bond donors (Lipinski definition) is 1. The van der Waals surface area contributed by atoms with E-state index in [2.05, 4.69) is 27.2 Å². The third kappa shape index (κ3) is 2.43. The Morgan fingerprint density at radius 2 is 2.08 bits per heavy atom. The summed E-state index contributed by atoms with van der Waals surface area (Å²) in [6.45, 7) is 0.203. The largest absolute Gasteiger partial charge is 0.372 e. The van der Waals surface area contributed by atoms with Crippen molar-refractivity contribution < 1.29 is 8.78 Å². The van der Waals surface area contributed by atoms with Gasteiger partial charge in [0.25, 0.3) is 0 Å². The molecule has 0 saturated carbocycles. The molecule has 0 unspecified atom stereocenters. The Balaban J connectivity index is 2.96. The maximum atomic E-state index is 13.0. The summed E-state index contributed by atoms with van der Waals surface area (Å²) in [6, 6.07) is 2.10. The SMILES string of the molecule is C#CCNc1cc(Br)c(F)cc1F. The summed E-state index contributed by atoms with van der Waals surface area (Å²) in [5.74, 6) is 0.999. The highest BCUT2D eigenvalue weighted by Gasteiger charge is 2.06. The van der Waals surface area contributed by atoms with Crippen molar-refractivity contribution in [2.24, 2.45) is 0 Å². The van der Waals surface area contributed by atoms with Gasteiger partial charge in [0.15, 0.2) is 0 Å². The van der Waals surface area contributed by atoms with E-state index in [1.807, 2.05) is 0 Å². The summed E-state index contributed by atoms with van der Waals surface area (Å²) in [5.41, 5.74) is 0.186. The molecule has 0 amide bonds. The second-order valence-corrected chi connectivity index (χ2v) is 3.16. The van der Waals surface area contributed by atoms with Crippen molar-refractivity contribution in [2.75, 3.05) is 11.9 Å². The van der Waals surface area contributed by atoms with Gasteiger partial charge in [0.1, 0.15) is 11.6 Å². The second-order valence-electron chi connectivity index (χ2n) is 2.30. The Bertz CT molecular complexity index is 357. The summed E-state index contributed by atoms with van der Waals surface area (Å²) in [7, 11) is 0. The maximum Gasteiger partial charge on any atom is 0.149 e. The molecular weight excluding hydrogens is 240 g/mol. The van der Waals surface area contributed by atoms with Crippen LogP contribution in [0.4, 0.5) is 14.5 Å². The van der Waals surface area contributed by atoms with Crippen LogP contribution in [0, 0.1) is 24.0 Å². The van der Waals surface area contributed by atoms with E-state index in [0.717, 1.165) is 6.07 Å². The average molecular weight is 246 g/mol. The number of benzene rings is 1. The van der Waals surface area contributed by atoms with Crippen molar-refractivity contribution in [3.8, 4) is 12.3 Å². The number of halogens is 3. The van der Waals surface area contributed by atoms with E-state index in [1.54, 1.807) is 0 Å². The highest BCUT2D eigenvalue weighted by molar-refractivity contribution is 9.10. The van der Waals surface area contributed by atoms with E-state index in [0.29, 0.717) is 0 Å². The highest BCUT2D eigenvalue weighted by atomic mass is 79.9. The van der Waals surface area contributed by atoms with E-state index in [4.69, 9.17) is 6.42 Å². The van der Waals surface area contributed by atoms with Crippen molar-refractivity contribution in [2.45, 2.75) is 0 Å². The van der Waals surface area contributed by atoms with Crippen LogP contribution in [0.2, 0.25) is 0 Å². The molecule has 0 aliphatic heterocycles. The normalized spacial score (nSPS) is 9.38. The highest BCUT2D eigenvalue weighted by Crippen LogP contribution is 2.23. The number of nitrogens with one attached hydrogen (secondary N) is 1. The van der Waals surface area contributed by atoms with Crippen LogP contribution < -0.4 is 5.32 Å². The van der Waals surface area contributed by atoms with Gasteiger partial charge < -0.3 is 5.32 Å². The van der Waals surface area contributed by atoms with Crippen molar-refractivity contribution >= 4 is 21.6 Å². The zero-order chi connectivity index (χ0) is 9.84. The maximum absolute atomic E-state index is 13.0. The monoisotopic (exact) mass is 245 g/mol. The van der Waals surface area contributed by atoms with Crippen LogP contribution in [0.5, 0.6) is 0 Å². The zero-order valence-corrected chi connectivity index (χ0v) is 8.16. The Morgan fingerprint density at radius 3 is 2.69 bits per heavy atom. The standard InChI is InChI=1S/C9H6BrF2N/c1-2-3-13-9-4-6(10)7(11)5-8(9)12/h1,4-5,13H,3H2. The van der Waals surface area contributed by atoms with Crippen LogP contribution in [0.15, 0.2) is 16.6 Å². The molecule has 0 atom stereocenters. The number of terminal acetylenes is 1. The van der Waals surface area contributed by atoms with Crippen LogP contribution >= 0.6 is 15.9 Å². The fourth-order valence-corrected chi connectivity index (χ4v) is 1.15. The Hall–Kier alpha value is -1.08. The van der Waals surface area contributed by atoms with Crippen LogP contribution in [0.25, 0.3) is 0 Å². The van der Waals surface area contributed by atoms with Crippen molar-refractivity contribution in [3.63, 3.8) is 0 Å². The molecule has 0 radical (unpaired) electrons. The molecule has 0 heterocycles. The lowest BCUT2D eigenvalue weighted by Crippen LogP contribution is -2.01. The molecular formula is C9H6BrF2N. The minimum atomic E-state index is -0.657. The lowest BCUT2D eigenvalue weighted by Gasteiger charge is -2.04. The summed E-state index contributed by atoms with van der Waals surface area (Å²) < 4.78 is 25.9. The van der Waals surface area contributed by atoms with Crippen molar-refractivity contribution in [1.82, 2.24) is 0 Å². The predicted octanol–water partition coefficient (Wildman–Crippen LogP) is 2.77. The molecule has 0 aromatic heterocycles. The lowest BCUT2D eigenvalue weighted by atomic mass is 10.3. The molecule has 68 valence electrons. The van der Waals surface area contributed by atoms with Crippen LogP contribution in [-0.4, -0.2) is 6.54 Å². The van der Waals surface area contributed by atoms with Crippen LogP contribution in [-0.2, 0) is 0 Å². The van der Waals surface area contributed by atoms with Gasteiger partial charge in [0, 0.05) is 6.07 Å². The van der Waals surface area contributed by atoms with E-state index >= 15 is 0 Å². The fraction of sp³-hybridized carbons (Fsp3) is 0.111. The first-order valence-electron chi connectivity index (χ1n) is 3.47. The van der Waals surface area contributed by atoms with Gasteiger partial charge >= 0.3 is 0 Å².